The number of aromatic nitrogens is 2. The molecular formula is C13H18N2O. The molecular weight excluding hydrogens is 200 g/mol. The van der Waals surface area contributed by atoms with E-state index in [1.54, 1.807) is 7.11 Å². The van der Waals surface area contributed by atoms with E-state index in [2.05, 4.69) is 32.8 Å². The molecule has 2 heterocycles. The highest BCUT2D eigenvalue weighted by Crippen LogP contribution is 2.30. The monoisotopic (exact) mass is 218 g/mol. The van der Waals surface area contributed by atoms with Gasteiger partial charge in [0.05, 0.1) is 18.8 Å². The van der Waals surface area contributed by atoms with Gasteiger partial charge in [0, 0.05) is 6.07 Å². The molecule has 0 atom stereocenters. The molecule has 2 rings (SSSR count). The maximum absolute atomic E-state index is 5.32. The molecule has 0 unspecified atom stereocenters. The van der Waals surface area contributed by atoms with Gasteiger partial charge in [-0.15, -0.1) is 0 Å². The number of aryl methyl sites for hydroxylation is 2. The maximum atomic E-state index is 5.32. The first kappa shape index (κ1) is 11.0. The van der Waals surface area contributed by atoms with Crippen LogP contribution in [0.2, 0.25) is 0 Å². The van der Waals surface area contributed by atoms with Crippen molar-refractivity contribution < 1.29 is 4.74 Å². The van der Waals surface area contributed by atoms with Gasteiger partial charge in [-0.25, -0.2) is 4.52 Å². The van der Waals surface area contributed by atoms with Crippen molar-refractivity contribution in [2.24, 2.45) is 0 Å². The topological polar surface area (TPSA) is 26.5 Å². The zero-order valence-electron chi connectivity index (χ0n) is 10.5. The van der Waals surface area contributed by atoms with Crippen LogP contribution in [0, 0.1) is 13.8 Å². The third-order valence-corrected chi connectivity index (χ3v) is 2.97. The highest BCUT2D eigenvalue weighted by molar-refractivity contribution is 5.66. The molecule has 3 nitrogen and oxygen atoms in total. The van der Waals surface area contributed by atoms with Crippen LogP contribution in [0.1, 0.15) is 36.5 Å². The minimum Gasteiger partial charge on any atom is -0.481 e. The molecule has 0 radical (unpaired) electrons. The van der Waals surface area contributed by atoms with Crippen LogP contribution in [-0.2, 0) is 0 Å². The Hall–Kier alpha value is -1.51. The summed E-state index contributed by atoms with van der Waals surface area (Å²) in [6.45, 7) is 8.63. The molecule has 0 aliphatic carbocycles. The number of ether oxygens (including phenoxy) is 1. The number of hydrogen-bond acceptors (Lipinski definition) is 2. The van der Waals surface area contributed by atoms with Crippen molar-refractivity contribution in [3.05, 3.63) is 29.0 Å². The Bertz CT molecular complexity index is 526. The van der Waals surface area contributed by atoms with Gasteiger partial charge in [-0.3, -0.25) is 0 Å². The molecule has 0 aliphatic heterocycles. The number of methoxy groups -OCH3 is 1. The summed E-state index contributed by atoms with van der Waals surface area (Å²) in [5.41, 5.74) is 5.01. The second-order valence-electron chi connectivity index (χ2n) is 4.53. The van der Waals surface area contributed by atoms with Gasteiger partial charge in [-0.2, -0.15) is 5.10 Å². The first-order valence-electron chi connectivity index (χ1n) is 5.58. The zero-order chi connectivity index (χ0) is 11.9. The van der Waals surface area contributed by atoms with Crippen LogP contribution in [0.15, 0.2) is 12.3 Å². The van der Waals surface area contributed by atoms with Crippen molar-refractivity contribution in [3.63, 3.8) is 0 Å². The minimum absolute atomic E-state index is 0.490. The van der Waals surface area contributed by atoms with Crippen molar-refractivity contribution in [1.29, 1.82) is 0 Å². The van der Waals surface area contributed by atoms with E-state index in [0.717, 1.165) is 5.88 Å². The Balaban J connectivity index is 2.87. The van der Waals surface area contributed by atoms with Gasteiger partial charge in [-0.05, 0) is 36.5 Å². The zero-order valence-corrected chi connectivity index (χ0v) is 10.5. The average Bonchev–Trinajstić information content (AvgIpc) is 2.55. The third kappa shape index (κ3) is 1.47. The van der Waals surface area contributed by atoms with Gasteiger partial charge < -0.3 is 4.74 Å². The second-order valence-corrected chi connectivity index (χ2v) is 4.53. The summed E-state index contributed by atoms with van der Waals surface area (Å²) in [6.07, 6.45) is 1.91. The van der Waals surface area contributed by atoms with Gasteiger partial charge in [0.1, 0.15) is 0 Å². The van der Waals surface area contributed by atoms with Crippen LogP contribution in [0.5, 0.6) is 5.88 Å². The molecule has 3 heteroatoms. The Labute approximate surface area is 96.0 Å². The van der Waals surface area contributed by atoms with E-state index in [9.17, 15) is 0 Å². The predicted octanol–water partition coefficient (Wildman–Crippen LogP) is 3.08. The predicted molar refractivity (Wildman–Crippen MR) is 65.3 cm³/mol. The number of fused-ring (bicyclic) bond motifs is 1. The van der Waals surface area contributed by atoms with Crippen molar-refractivity contribution in [2.75, 3.05) is 7.11 Å². The molecule has 2 aromatic heterocycles. The molecule has 16 heavy (non-hydrogen) atoms. The Morgan fingerprint density at radius 3 is 2.50 bits per heavy atom. The van der Waals surface area contributed by atoms with E-state index in [0.29, 0.717) is 5.92 Å². The van der Waals surface area contributed by atoms with Gasteiger partial charge >= 0.3 is 0 Å². The molecule has 0 bridgehead atoms. The Morgan fingerprint density at radius 1 is 1.25 bits per heavy atom. The standard InChI is InChI=1S/C13H18N2O/c1-8(2)12-10(4)7-14-15-11(16-5)6-9(3)13(12)15/h6-8H,1-5H3. The van der Waals surface area contributed by atoms with Gasteiger partial charge in [0.25, 0.3) is 0 Å². The molecule has 0 saturated carbocycles. The van der Waals surface area contributed by atoms with Crippen molar-refractivity contribution >= 4 is 5.52 Å². The molecule has 0 spiro atoms. The van der Waals surface area contributed by atoms with E-state index in [1.165, 1.54) is 22.2 Å². The van der Waals surface area contributed by atoms with Gasteiger partial charge in [0.2, 0.25) is 5.88 Å². The van der Waals surface area contributed by atoms with Crippen molar-refractivity contribution in [3.8, 4) is 5.88 Å². The molecule has 86 valence electrons. The fourth-order valence-electron chi connectivity index (χ4n) is 2.31. The van der Waals surface area contributed by atoms with E-state index >= 15 is 0 Å². The van der Waals surface area contributed by atoms with Crippen LogP contribution < -0.4 is 4.74 Å². The third-order valence-electron chi connectivity index (χ3n) is 2.97. The molecule has 2 aromatic rings. The molecule has 0 aliphatic rings. The summed E-state index contributed by atoms with van der Waals surface area (Å²) in [5.74, 6) is 1.29. The lowest BCUT2D eigenvalue weighted by Crippen LogP contribution is -2.02. The fourth-order valence-corrected chi connectivity index (χ4v) is 2.31. The Kier molecular flexibility index (Phi) is 2.62. The molecule has 0 amide bonds. The van der Waals surface area contributed by atoms with Gasteiger partial charge in [0.15, 0.2) is 0 Å². The van der Waals surface area contributed by atoms with Crippen LogP contribution >= 0.6 is 0 Å². The highest BCUT2D eigenvalue weighted by Gasteiger charge is 2.15. The maximum Gasteiger partial charge on any atom is 0.215 e. The van der Waals surface area contributed by atoms with Crippen LogP contribution in [-0.4, -0.2) is 16.7 Å². The highest BCUT2D eigenvalue weighted by atomic mass is 16.5. The van der Waals surface area contributed by atoms with Crippen LogP contribution in [0.3, 0.4) is 0 Å². The second kappa shape index (κ2) is 3.81. The number of rotatable bonds is 2. The van der Waals surface area contributed by atoms with Crippen molar-refractivity contribution in [2.45, 2.75) is 33.6 Å². The number of nitrogens with zero attached hydrogens (tertiary/aromatic N) is 2. The first-order chi connectivity index (χ1) is 7.56. The van der Waals surface area contributed by atoms with Crippen LogP contribution in [0.4, 0.5) is 0 Å². The van der Waals surface area contributed by atoms with E-state index < -0.39 is 0 Å². The van der Waals surface area contributed by atoms with Crippen molar-refractivity contribution in [1.82, 2.24) is 9.61 Å². The summed E-state index contributed by atoms with van der Waals surface area (Å²) in [7, 11) is 1.68. The van der Waals surface area contributed by atoms with Gasteiger partial charge in [-0.1, -0.05) is 13.8 Å². The molecule has 0 fully saturated rings. The fraction of sp³-hybridized carbons (Fsp3) is 0.462. The Morgan fingerprint density at radius 2 is 1.94 bits per heavy atom. The average molecular weight is 218 g/mol. The normalized spacial score (nSPS) is 11.4. The SMILES string of the molecule is COc1cc(C)c2c(C(C)C)c(C)cnn12. The van der Waals surface area contributed by atoms with E-state index in [1.807, 2.05) is 16.8 Å². The lowest BCUT2D eigenvalue weighted by Gasteiger charge is -2.12. The van der Waals surface area contributed by atoms with E-state index in [4.69, 9.17) is 4.74 Å². The first-order valence-corrected chi connectivity index (χ1v) is 5.58. The smallest absolute Gasteiger partial charge is 0.215 e. The summed E-state index contributed by atoms with van der Waals surface area (Å²) in [6, 6.07) is 2.04. The minimum atomic E-state index is 0.490. The molecule has 0 N–H and O–H groups in total. The summed E-state index contributed by atoms with van der Waals surface area (Å²) < 4.78 is 7.21. The molecule has 0 aromatic carbocycles. The quantitative estimate of drug-likeness (QED) is 0.774. The lowest BCUT2D eigenvalue weighted by molar-refractivity contribution is 0.387. The number of hydrogen-bond donors (Lipinski definition) is 0. The summed E-state index contributed by atoms with van der Waals surface area (Å²) in [4.78, 5) is 0. The van der Waals surface area contributed by atoms with E-state index in [-0.39, 0.29) is 0 Å². The largest absolute Gasteiger partial charge is 0.481 e. The molecule has 0 saturated heterocycles. The summed E-state index contributed by atoms with van der Waals surface area (Å²) >= 11 is 0. The lowest BCUT2D eigenvalue weighted by atomic mass is 9.98. The summed E-state index contributed by atoms with van der Waals surface area (Å²) in [5, 5.41) is 4.41. The van der Waals surface area contributed by atoms with Crippen LogP contribution in [0.25, 0.3) is 5.52 Å².